The Labute approximate surface area is 121 Å². The normalized spacial score (nSPS) is 22.4. The van der Waals surface area contributed by atoms with Crippen molar-refractivity contribution < 1.29 is 4.74 Å². The van der Waals surface area contributed by atoms with Gasteiger partial charge in [0.25, 0.3) is 0 Å². The molecule has 0 radical (unpaired) electrons. The fraction of sp³-hybridized carbons (Fsp3) is 0.800. The van der Waals surface area contributed by atoms with E-state index in [2.05, 4.69) is 21.5 Å². The topological polar surface area (TPSA) is 56.3 Å². The number of nitrogens with zero attached hydrogens (tertiary/aromatic N) is 3. The Kier molecular flexibility index (Phi) is 4.38. The van der Waals surface area contributed by atoms with Gasteiger partial charge in [-0.2, -0.15) is 0 Å². The van der Waals surface area contributed by atoms with E-state index in [9.17, 15) is 0 Å². The summed E-state index contributed by atoms with van der Waals surface area (Å²) in [5.74, 6) is 0.736. The Bertz CT molecular complexity index is 423. The van der Waals surface area contributed by atoms with Gasteiger partial charge < -0.3 is 15.0 Å². The third-order valence-corrected chi connectivity index (χ3v) is 4.62. The predicted octanol–water partition coefficient (Wildman–Crippen LogP) is 1.58. The van der Waals surface area contributed by atoms with Gasteiger partial charge in [0.05, 0.1) is 18.1 Å². The zero-order chi connectivity index (χ0) is 13.9. The van der Waals surface area contributed by atoms with E-state index >= 15 is 0 Å². The molecule has 2 aliphatic rings. The van der Waals surface area contributed by atoms with Crippen LogP contribution in [0.15, 0.2) is 12.5 Å². The van der Waals surface area contributed by atoms with Crippen molar-refractivity contribution in [3.8, 4) is 0 Å². The molecule has 1 aromatic heterocycles. The van der Waals surface area contributed by atoms with Crippen molar-refractivity contribution >= 4 is 0 Å². The number of rotatable bonds is 6. The van der Waals surface area contributed by atoms with E-state index in [1.54, 1.807) is 0 Å². The Hall–Kier alpha value is -0.910. The van der Waals surface area contributed by atoms with E-state index in [0.717, 1.165) is 25.7 Å². The largest absolute Gasteiger partial charge is 0.381 e. The standard InChI is InChI=1S/C15H26N4O/c1-18(10-12-4-6-20-7-5-12)14(8-16)15-9-17-11-19(15)13-2-3-13/h9,11-14H,2-8,10,16H2,1H3. The Balaban J connectivity index is 1.66. The maximum Gasteiger partial charge on any atom is 0.0951 e. The van der Waals surface area contributed by atoms with Crippen LogP contribution in [0.3, 0.4) is 0 Å². The summed E-state index contributed by atoms with van der Waals surface area (Å²) in [7, 11) is 2.19. The summed E-state index contributed by atoms with van der Waals surface area (Å²) in [5.41, 5.74) is 7.33. The van der Waals surface area contributed by atoms with Crippen LogP contribution in [0.2, 0.25) is 0 Å². The molecular weight excluding hydrogens is 252 g/mol. The summed E-state index contributed by atoms with van der Waals surface area (Å²) in [6.45, 7) is 3.57. The average molecular weight is 278 g/mol. The van der Waals surface area contributed by atoms with Crippen molar-refractivity contribution in [1.82, 2.24) is 14.5 Å². The van der Waals surface area contributed by atoms with Crippen LogP contribution in [0.1, 0.15) is 43.5 Å². The molecule has 1 aromatic rings. The zero-order valence-corrected chi connectivity index (χ0v) is 12.4. The van der Waals surface area contributed by atoms with E-state index in [1.807, 2.05) is 12.5 Å². The van der Waals surface area contributed by atoms with Gasteiger partial charge in [0, 0.05) is 38.5 Å². The molecule has 20 heavy (non-hydrogen) atoms. The average Bonchev–Trinajstić information content (AvgIpc) is 3.20. The summed E-state index contributed by atoms with van der Waals surface area (Å²) in [5, 5.41) is 0. The monoisotopic (exact) mass is 278 g/mol. The lowest BCUT2D eigenvalue weighted by Gasteiger charge is -2.32. The molecule has 1 saturated carbocycles. The molecule has 1 unspecified atom stereocenters. The van der Waals surface area contributed by atoms with E-state index in [1.165, 1.54) is 31.4 Å². The highest BCUT2D eigenvalue weighted by Crippen LogP contribution is 2.37. The Morgan fingerprint density at radius 1 is 1.40 bits per heavy atom. The van der Waals surface area contributed by atoms with Crippen LogP contribution in [-0.2, 0) is 4.74 Å². The first kappa shape index (κ1) is 14.0. The molecule has 0 bridgehead atoms. The predicted molar refractivity (Wildman–Crippen MR) is 78.5 cm³/mol. The molecule has 0 spiro atoms. The summed E-state index contributed by atoms with van der Waals surface area (Å²) < 4.78 is 7.77. The van der Waals surface area contributed by atoms with Gasteiger partial charge in [-0.15, -0.1) is 0 Å². The molecule has 3 rings (SSSR count). The molecular formula is C15H26N4O. The van der Waals surface area contributed by atoms with Crippen LogP contribution in [-0.4, -0.2) is 47.8 Å². The molecule has 1 saturated heterocycles. The first-order chi connectivity index (χ1) is 9.79. The fourth-order valence-corrected chi connectivity index (χ4v) is 3.22. The molecule has 0 amide bonds. The summed E-state index contributed by atoms with van der Waals surface area (Å²) in [6.07, 6.45) is 8.87. The van der Waals surface area contributed by atoms with Crippen LogP contribution in [0.5, 0.6) is 0 Å². The van der Waals surface area contributed by atoms with Crippen molar-refractivity contribution in [3.05, 3.63) is 18.2 Å². The second-order valence-electron chi connectivity index (χ2n) is 6.20. The third kappa shape index (κ3) is 3.05. The molecule has 2 N–H and O–H groups in total. The van der Waals surface area contributed by atoms with Gasteiger partial charge in [0.1, 0.15) is 0 Å². The molecule has 1 aliphatic heterocycles. The zero-order valence-electron chi connectivity index (χ0n) is 12.4. The lowest BCUT2D eigenvalue weighted by atomic mass is 9.99. The smallest absolute Gasteiger partial charge is 0.0951 e. The van der Waals surface area contributed by atoms with Crippen molar-refractivity contribution in [2.45, 2.75) is 37.8 Å². The van der Waals surface area contributed by atoms with Gasteiger partial charge >= 0.3 is 0 Å². The number of ether oxygens (including phenoxy) is 1. The van der Waals surface area contributed by atoms with E-state index in [-0.39, 0.29) is 6.04 Å². The number of likely N-dealkylation sites (N-methyl/N-ethyl adjacent to an activating group) is 1. The molecule has 1 aliphatic carbocycles. The second-order valence-corrected chi connectivity index (χ2v) is 6.20. The first-order valence-electron chi connectivity index (χ1n) is 7.79. The summed E-state index contributed by atoms with van der Waals surface area (Å²) in [4.78, 5) is 6.75. The maximum atomic E-state index is 6.05. The highest BCUT2D eigenvalue weighted by Gasteiger charge is 2.29. The molecule has 5 heteroatoms. The minimum atomic E-state index is 0.279. The van der Waals surface area contributed by atoms with Gasteiger partial charge in [0.15, 0.2) is 0 Å². The second kappa shape index (κ2) is 6.24. The molecule has 2 fully saturated rings. The molecule has 5 nitrogen and oxygen atoms in total. The fourth-order valence-electron chi connectivity index (χ4n) is 3.22. The van der Waals surface area contributed by atoms with Crippen LogP contribution < -0.4 is 5.73 Å². The number of aromatic nitrogens is 2. The number of imidazole rings is 1. The van der Waals surface area contributed by atoms with Gasteiger partial charge in [-0.1, -0.05) is 0 Å². The Morgan fingerprint density at radius 3 is 2.80 bits per heavy atom. The van der Waals surface area contributed by atoms with E-state index in [4.69, 9.17) is 10.5 Å². The van der Waals surface area contributed by atoms with E-state index < -0.39 is 0 Å². The quantitative estimate of drug-likeness (QED) is 0.858. The van der Waals surface area contributed by atoms with Crippen LogP contribution in [0.25, 0.3) is 0 Å². The van der Waals surface area contributed by atoms with Crippen LogP contribution in [0.4, 0.5) is 0 Å². The van der Waals surface area contributed by atoms with Crippen molar-refractivity contribution in [1.29, 1.82) is 0 Å². The van der Waals surface area contributed by atoms with Crippen LogP contribution >= 0.6 is 0 Å². The first-order valence-corrected chi connectivity index (χ1v) is 7.79. The van der Waals surface area contributed by atoms with Gasteiger partial charge in [-0.05, 0) is 38.6 Å². The molecule has 1 atom stereocenters. The lowest BCUT2D eigenvalue weighted by molar-refractivity contribution is 0.0502. The van der Waals surface area contributed by atoms with E-state index in [0.29, 0.717) is 12.6 Å². The summed E-state index contributed by atoms with van der Waals surface area (Å²) in [6, 6.07) is 0.943. The molecule has 112 valence electrons. The minimum Gasteiger partial charge on any atom is -0.381 e. The number of hydrogen-bond acceptors (Lipinski definition) is 4. The van der Waals surface area contributed by atoms with Crippen molar-refractivity contribution in [2.24, 2.45) is 11.7 Å². The van der Waals surface area contributed by atoms with Crippen molar-refractivity contribution in [3.63, 3.8) is 0 Å². The molecule has 2 heterocycles. The lowest BCUT2D eigenvalue weighted by Crippen LogP contribution is -2.36. The highest BCUT2D eigenvalue weighted by molar-refractivity contribution is 5.10. The van der Waals surface area contributed by atoms with Gasteiger partial charge in [-0.3, -0.25) is 4.90 Å². The Morgan fingerprint density at radius 2 is 2.15 bits per heavy atom. The maximum absolute atomic E-state index is 6.05. The third-order valence-electron chi connectivity index (χ3n) is 4.62. The minimum absolute atomic E-state index is 0.279. The summed E-state index contributed by atoms with van der Waals surface area (Å²) >= 11 is 0. The van der Waals surface area contributed by atoms with Crippen molar-refractivity contribution in [2.75, 3.05) is 33.4 Å². The van der Waals surface area contributed by atoms with Crippen LogP contribution in [0, 0.1) is 5.92 Å². The highest BCUT2D eigenvalue weighted by atomic mass is 16.5. The SMILES string of the molecule is CN(CC1CCOCC1)C(CN)c1cncn1C1CC1. The molecule has 0 aromatic carbocycles. The number of nitrogens with two attached hydrogens (primary N) is 1. The van der Waals surface area contributed by atoms with Gasteiger partial charge in [0.2, 0.25) is 0 Å². The van der Waals surface area contributed by atoms with Gasteiger partial charge in [-0.25, -0.2) is 4.98 Å². The number of hydrogen-bond donors (Lipinski definition) is 1.